The molecule has 1 aromatic carbocycles. The number of hydrogen-bond acceptors (Lipinski definition) is 1. The molecule has 0 aliphatic rings. The topological polar surface area (TPSA) is 24.1 Å². The number of thiocarbonyl (C=S) groups is 1. The second-order valence-corrected chi connectivity index (χ2v) is 6.55. The Labute approximate surface area is 129 Å². The SMILES string of the molecule is Cc1ccc(C)c(NC(=S)NC(C)CCCC(C)C)c1. The highest BCUT2D eigenvalue weighted by molar-refractivity contribution is 7.80. The van der Waals surface area contributed by atoms with Gasteiger partial charge in [-0.25, -0.2) is 0 Å². The molecule has 0 saturated carbocycles. The third-order valence-corrected chi connectivity index (χ3v) is 3.66. The van der Waals surface area contributed by atoms with E-state index in [4.69, 9.17) is 12.2 Å². The van der Waals surface area contributed by atoms with Crippen LogP contribution in [-0.4, -0.2) is 11.2 Å². The van der Waals surface area contributed by atoms with Gasteiger partial charge in [0.2, 0.25) is 0 Å². The zero-order valence-corrected chi connectivity index (χ0v) is 14.2. The van der Waals surface area contributed by atoms with E-state index in [1.807, 2.05) is 0 Å². The van der Waals surface area contributed by atoms with Gasteiger partial charge < -0.3 is 10.6 Å². The molecule has 0 bridgehead atoms. The lowest BCUT2D eigenvalue weighted by Gasteiger charge is -2.18. The monoisotopic (exact) mass is 292 g/mol. The second kappa shape index (κ2) is 8.25. The van der Waals surface area contributed by atoms with E-state index < -0.39 is 0 Å². The predicted octanol–water partition coefficient (Wildman–Crippen LogP) is 4.80. The molecule has 1 atom stereocenters. The number of rotatable bonds is 6. The minimum Gasteiger partial charge on any atom is -0.360 e. The molecule has 1 aromatic rings. The van der Waals surface area contributed by atoms with Crippen LogP contribution in [-0.2, 0) is 0 Å². The molecule has 0 aliphatic carbocycles. The lowest BCUT2D eigenvalue weighted by molar-refractivity contribution is 0.495. The number of nitrogens with one attached hydrogen (secondary N) is 2. The van der Waals surface area contributed by atoms with Gasteiger partial charge in [-0.3, -0.25) is 0 Å². The average Bonchev–Trinajstić information content (AvgIpc) is 2.33. The van der Waals surface area contributed by atoms with Crippen molar-refractivity contribution < 1.29 is 0 Å². The molecule has 2 N–H and O–H groups in total. The van der Waals surface area contributed by atoms with Gasteiger partial charge in [-0.15, -0.1) is 0 Å². The molecule has 20 heavy (non-hydrogen) atoms. The lowest BCUT2D eigenvalue weighted by atomic mass is 10.0. The van der Waals surface area contributed by atoms with Crippen LogP contribution in [0.5, 0.6) is 0 Å². The minimum atomic E-state index is 0.416. The zero-order valence-electron chi connectivity index (χ0n) is 13.4. The third kappa shape index (κ3) is 6.38. The highest BCUT2D eigenvalue weighted by atomic mass is 32.1. The Kier molecular flexibility index (Phi) is 7.00. The van der Waals surface area contributed by atoms with Crippen LogP contribution < -0.4 is 10.6 Å². The van der Waals surface area contributed by atoms with Gasteiger partial charge in [-0.05, 0) is 62.5 Å². The largest absolute Gasteiger partial charge is 0.360 e. The number of aryl methyl sites for hydroxylation is 2. The fourth-order valence-electron chi connectivity index (χ4n) is 2.16. The molecule has 3 heteroatoms. The maximum absolute atomic E-state index is 5.39. The van der Waals surface area contributed by atoms with Crippen LogP contribution in [0.4, 0.5) is 5.69 Å². The summed E-state index contributed by atoms with van der Waals surface area (Å²) in [6.07, 6.45) is 3.69. The smallest absolute Gasteiger partial charge is 0.170 e. The summed E-state index contributed by atoms with van der Waals surface area (Å²) in [7, 11) is 0. The van der Waals surface area contributed by atoms with Gasteiger partial charge in [0.25, 0.3) is 0 Å². The van der Waals surface area contributed by atoms with E-state index in [9.17, 15) is 0 Å². The maximum atomic E-state index is 5.39. The van der Waals surface area contributed by atoms with Crippen molar-refractivity contribution in [1.82, 2.24) is 5.32 Å². The Morgan fingerprint density at radius 2 is 1.85 bits per heavy atom. The molecule has 0 saturated heterocycles. The summed E-state index contributed by atoms with van der Waals surface area (Å²) in [6.45, 7) is 10.9. The summed E-state index contributed by atoms with van der Waals surface area (Å²) >= 11 is 5.39. The summed E-state index contributed by atoms with van der Waals surface area (Å²) < 4.78 is 0. The molecule has 0 aliphatic heterocycles. The fraction of sp³-hybridized carbons (Fsp3) is 0.588. The van der Waals surface area contributed by atoms with Gasteiger partial charge in [0, 0.05) is 11.7 Å². The van der Waals surface area contributed by atoms with E-state index in [1.165, 1.54) is 24.0 Å². The van der Waals surface area contributed by atoms with Gasteiger partial charge in [0.15, 0.2) is 5.11 Å². The molecule has 0 spiro atoms. The van der Waals surface area contributed by atoms with Crippen molar-refractivity contribution in [2.24, 2.45) is 5.92 Å². The van der Waals surface area contributed by atoms with Gasteiger partial charge in [0.1, 0.15) is 0 Å². The highest BCUT2D eigenvalue weighted by Crippen LogP contribution is 2.16. The average molecular weight is 292 g/mol. The molecule has 0 amide bonds. The van der Waals surface area contributed by atoms with Crippen LogP contribution in [0.1, 0.15) is 51.2 Å². The van der Waals surface area contributed by atoms with Crippen molar-refractivity contribution in [3.05, 3.63) is 29.3 Å². The van der Waals surface area contributed by atoms with Crippen molar-refractivity contribution in [2.45, 2.75) is 59.9 Å². The Balaban J connectivity index is 2.41. The van der Waals surface area contributed by atoms with E-state index in [1.54, 1.807) is 0 Å². The zero-order chi connectivity index (χ0) is 15.1. The van der Waals surface area contributed by atoms with Crippen LogP contribution in [0.15, 0.2) is 18.2 Å². The van der Waals surface area contributed by atoms with Gasteiger partial charge in [-0.1, -0.05) is 38.8 Å². The van der Waals surface area contributed by atoms with E-state index in [0.717, 1.165) is 23.1 Å². The van der Waals surface area contributed by atoms with E-state index in [-0.39, 0.29) is 0 Å². The number of hydrogen-bond donors (Lipinski definition) is 2. The van der Waals surface area contributed by atoms with E-state index in [0.29, 0.717) is 6.04 Å². The van der Waals surface area contributed by atoms with Crippen LogP contribution in [0.2, 0.25) is 0 Å². The number of benzene rings is 1. The summed E-state index contributed by atoms with van der Waals surface area (Å²) in [5.74, 6) is 0.780. The molecule has 1 rings (SSSR count). The van der Waals surface area contributed by atoms with Gasteiger partial charge >= 0.3 is 0 Å². The Morgan fingerprint density at radius 1 is 1.15 bits per heavy atom. The van der Waals surface area contributed by atoms with Crippen molar-refractivity contribution in [2.75, 3.05) is 5.32 Å². The molecule has 0 heterocycles. The van der Waals surface area contributed by atoms with Gasteiger partial charge in [-0.2, -0.15) is 0 Å². The standard InChI is InChI=1S/C17H28N2S/c1-12(2)7-6-8-15(5)18-17(20)19-16-11-13(3)9-10-14(16)4/h9-12,15H,6-8H2,1-5H3,(H2,18,19,20). The normalized spacial score (nSPS) is 12.3. The molecule has 0 aromatic heterocycles. The first-order valence-corrected chi connectivity index (χ1v) is 7.94. The lowest BCUT2D eigenvalue weighted by Crippen LogP contribution is -2.36. The first kappa shape index (κ1) is 17.0. The highest BCUT2D eigenvalue weighted by Gasteiger charge is 2.06. The van der Waals surface area contributed by atoms with Crippen LogP contribution >= 0.6 is 12.2 Å². The first-order chi connectivity index (χ1) is 9.38. The van der Waals surface area contributed by atoms with Crippen LogP contribution in [0.3, 0.4) is 0 Å². The second-order valence-electron chi connectivity index (χ2n) is 6.14. The predicted molar refractivity (Wildman–Crippen MR) is 93.4 cm³/mol. The molecule has 2 nitrogen and oxygen atoms in total. The molecular weight excluding hydrogens is 264 g/mol. The third-order valence-electron chi connectivity index (χ3n) is 3.44. The Morgan fingerprint density at radius 3 is 2.50 bits per heavy atom. The van der Waals surface area contributed by atoms with E-state index in [2.05, 4.69) is 63.5 Å². The van der Waals surface area contributed by atoms with Crippen molar-refractivity contribution in [3.8, 4) is 0 Å². The van der Waals surface area contributed by atoms with Crippen molar-refractivity contribution in [3.63, 3.8) is 0 Å². The molecule has 0 fully saturated rings. The van der Waals surface area contributed by atoms with Gasteiger partial charge in [0.05, 0.1) is 0 Å². The first-order valence-electron chi connectivity index (χ1n) is 7.53. The fourth-order valence-corrected chi connectivity index (χ4v) is 2.47. The Bertz CT molecular complexity index is 441. The molecular formula is C17H28N2S. The minimum absolute atomic E-state index is 0.416. The van der Waals surface area contributed by atoms with Crippen LogP contribution in [0.25, 0.3) is 0 Å². The molecule has 112 valence electrons. The molecule has 1 unspecified atom stereocenters. The van der Waals surface area contributed by atoms with Crippen LogP contribution in [0, 0.1) is 19.8 Å². The summed E-state index contributed by atoms with van der Waals surface area (Å²) in [6, 6.07) is 6.78. The Hall–Kier alpha value is -1.09. The number of anilines is 1. The van der Waals surface area contributed by atoms with Crippen molar-refractivity contribution in [1.29, 1.82) is 0 Å². The summed E-state index contributed by atoms with van der Waals surface area (Å²) in [4.78, 5) is 0. The van der Waals surface area contributed by atoms with E-state index >= 15 is 0 Å². The maximum Gasteiger partial charge on any atom is 0.170 e. The summed E-state index contributed by atoms with van der Waals surface area (Å²) in [5.41, 5.74) is 3.55. The quantitative estimate of drug-likeness (QED) is 0.736. The van der Waals surface area contributed by atoms with Crippen molar-refractivity contribution >= 4 is 23.0 Å². The summed E-state index contributed by atoms with van der Waals surface area (Å²) in [5, 5.41) is 7.39. The molecule has 0 radical (unpaired) electrons.